The summed E-state index contributed by atoms with van der Waals surface area (Å²) in [5.74, 6) is -22.1. The number of allylic oxidation sites excluding steroid dienone is 4. The number of nitrogens with zero attached hydrogens (tertiary/aromatic N) is 4. The molecule has 0 radical (unpaired) electrons. The van der Waals surface area contributed by atoms with Crippen molar-refractivity contribution in [2.45, 2.75) is 188 Å². The summed E-state index contributed by atoms with van der Waals surface area (Å²) in [6.45, 7) is 49.0. The zero-order chi connectivity index (χ0) is 68.7. The third-order valence-corrected chi connectivity index (χ3v) is 15.1. The molecule has 2 aliphatic rings. The van der Waals surface area contributed by atoms with Gasteiger partial charge in [0.05, 0.1) is 92.3 Å². The first-order valence-electron chi connectivity index (χ1n) is 28.0. The molecule has 20 heteroatoms. The summed E-state index contributed by atoms with van der Waals surface area (Å²) in [5.41, 5.74) is 9.34. The van der Waals surface area contributed by atoms with E-state index in [1.165, 1.54) is 11.1 Å². The second-order valence-corrected chi connectivity index (χ2v) is 25.5. The molecule has 8 nitrogen and oxygen atoms in total. The minimum absolute atomic E-state index is 0. The SMILES string of the molecule is CC(C)(C)n1[c-][n+](C(C)(C)C)cc1.CC(C)(C)n1[c-][n+](C(C)(C)C)cc1.CC1=C(C)C(C)(C(=O)[O-])C(C)=C1C.CC1=C(C)C(C)(C(=O)[O-])C(C)=C1C.Cc1ccccc1.Cc1ccccc1.Fc1[c-]c(F)c(F)c(F)c1F.Fc1[c-]c(F)c(F)c(F)c1F.[Zn+2].[Zn+2]. The number of carbonyl (C=O) groups excluding carboxylic acids is 2. The standard InChI is InChI=1S/2C11H20N2.2C11H16O2.2C7H8.2C6F5.2Zn/c2*1-10(2,3)12-7-8-13(9-12)11(4,5)6;2*1-6-7(2)9(4)11(5,8(6)3)10(12)13;2*1-7-5-3-2-4-6-7;2*7-2-1-3(8)5(10)6(11)4(2)9;;/h2*7-8H,1-6H3;2*1-5H3,(H,12,13);2*2-6H,1H3;;;;/q;;;;;;2*-1;2*+2/p-2. The number of rotatable bonds is 2. The van der Waals surface area contributed by atoms with Gasteiger partial charge in [-0.05, 0) is 213 Å². The van der Waals surface area contributed by atoms with Gasteiger partial charge in [-0.15, -0.1) is 12.1 Å². The molecule has 0 saturated heterocycles. The first-order valence-corrected chi connectivity index (χ1v) is 28.0. The van der Waals surface area contributed by atoms with Crippen molar-refractivity contribution in [1.82, 2.24) is 9.13 Å². The second-order valence-electron chi connectivity index (χ2n) is 25.5. The van der Waals surface area contributed by atoms with Crippen molar-refractivity contribution < 1.29 is 112 Å². The van der Waals surface area contributed by atoms with E-state index in [0.717, 1.165) is 56.7 Å². The topological polar surface area (TPSA) is 97.9 Å². The monoisotopic (exact) mass is 1360 g/mol. The first-order chi connectivity index (χ1) is 39.9. The fourth-order valence-corrected chi connectivity index (χ4v) is 7.99. The largest absolute Gasteiger partial charge is 2.00 e. The van der Waals surface area contributed by atoms with E-state index in [-0.39, 0.29) is 61.1 Å². The van der Waals surface area contributed by atoms with Crippen LogP contribution in [-0.4, -0.2) is 21.1 Å². The first kappa shape index (κ1) is 85.8. The maximum Gasteiger partial charge on any atom is 2.00 e. The molecule has 0 fully saturated rings. The van der Waals surface area contributed by atoms with Gasteiger partial charge in [0.1, 0.15) is 0 Å². The number of hydrogen-bond acceptors (Lipinski definition) is 4. The van der Waals surface area contributed by atoms with Crippen molar-refractivity contribution in [2.24, 2.45) is 10.8 Å². The van der Waals surface area contributed by atoms with Gasteiger partial charge in [-0.25, -0.2) is 26.3 Å². The Morgan fingerprint density at radius 1 is 0.400 bits per heavy atom. The number of aryl methyl sites for hydroxylation is 2. The number of aromatic nitrogens is 4. The van der Waals surface area contributed by atoms with Crippen molar-refractivity contribution >= 4 is 11.9 Å². The number of carboxylic acids is 2. The fourth-order valence-electron chi connectivity index (χ4n) is 7.99. The summed E-state index contributed by atoms with van der Waals surface area (Å²) in [4.78, 5) is 22.1. The number of halogens is 10. The van der Waals surface area contributed by atoms with E-state index >= 15 is 0 Å². The van der Waals surface area contributed by atoms with E-state index in [1.807, 2.05) is 91.8 Å². The van der Waals surface area contributed by atoms with Crippen LogP contribution in [0.25, 0.3) is 0 Å². The minimum atomic E-state index is -2.17. The molecule has 0 unspecified atom stereocenters. The van der Waals surface area contributed by atoms with Gasteiger partial charge < -0.3 is 38.1 Å². The molecule has 0 spiro atoms. The van der Waals surface area contributed by atoms with E-state index in [4.69, 9.17) is 0 Å². The van der Waals surface area contributed by atoms with Crippen LogP contribution in [0, 0.1) is 108 Å². The normalized spacial score (nSPS) is 13.9. The summed E-state index contributed by atoms with van der Waals surface area (Å²) in [5, 5.41) is 22.1. The Bertz CT molecular complexity index is 3100. The van der Waals surface area contributed by atoms with E-state index < -0.39 is 80.9 Å². The molecule has 4 aromatic carbocycles. The molecule has 0 bridgehead atoms. The Kier molecular flexibility index (Phi) is 33.3. The van der Waals surface area contributed by atoms with Crippen molar-refractivity contribution in [1.29, 1.82) is 0 Å². The predicted molar refractivity (Wildman–Crippen MR) is 319 cm³/mol. The summed E-state index contributed by atoms with van der Waals surface area (Å²) < 4.78 is 128. The molecule has 90 heavy (non-hydrogen) atoms. The van der Waals surface area contributed by atoms with Gasteiger partial charge >= 0.3 is 39.0 Å². The molecule has 0 saturated carbocycles. The van der Waals surface area contributed by atoms with Crippen LogP contribution in [0.5, 0.6) is 0 Å². The predicted octanol–water partition coefficient (Wildman–Crippen LogP) is 15.4. The Labute approximate surface area is 553 Å². The molecule has 0 amide bonds. The van der Waals surface area contributed by atoms with Crippen molar-refractivity contribution in [2.75, 3.05) is 0 Å². The van der Waals surface area contributed by atoms with E-state index in [0.29, 0.717) is 0 Å². The minimum Gasteiger partial charge on any atom is -0.549 e. The second kappa shape index (κ2) is 35.0. The van der Waals surface area contributed by atoms with E-state index in [1.54, 1.807) is 13.8 Å². The summed E-state index contributed by atoms with van der Waals surface area (Å²) >= 11 is 0. The quantitative estimate of drug-likeness (QED) is 0.0431. The maximum absolute atomic E-state index is 12.0. The van der Waals surface area contributed by atoms with Gasteiger partial charge in [-0.2, -0.15) is 0 Å². The third kappa shape index (κ3) is 23.1. The molecule has 0 aliphatic heterocycles. The van der Waals surface area contributed by atoms with Gasteiger partial charge in [0.25, 0.3) is 0 Å². The number of carbonyl (C=O) groups is 2. The van der Waals surface area contributed by atoms with Gasteiger partial charge in [0.2, 0.25) is 12.7 Å². The Morgan fingerprint density at radius 2 is 0.611 bits per heavy atom. The van der Waals surface area contributed by atoms with E-state index in [9.17, 15) is 63.7 Å². The number of carboxylic acid groups (broad SMARTS) is 2. The van der Waals surface area contributed by atoms with Crippen LogP contribution in [0.1, 0.15) is 163 Å². The molecule has 6 aromatic rings. The van der Waals surface area contributed by atoms with Crippen LogP contribution in [0.3, 0.4) is 0 Å². The molecule has 0 atom stereocenters. The zero-order valence-corrected chi connectivity index (χ0v) is 62.6. The summed E-state index contributed by atoms with van der Waals surface area (Å²) in [6, 6.07) is 22.6. The molecule has 8 rings (SSSR count). The molecular formula is C70H86F10N4O4Zn2. The van der Waals surface area contributed by atoms with Crippen LogP contribution < -0.4 is 19.3 Å². The fraction of sp³-hybridized carbons (Fsp3) is 0.429. The maximum atomic E-state index is 12.0. The van der Waals surface area contributed by atoms with Crippen LogP contribution in [0.15, 0.2) is 130 Å². The van der Waals surface area contributed by atoms with Gasteiger partial charge in [0.15, 0.2) is 0 Å². The van der Waals surface area contributed by atoms with Crippen LogP contribution in [0.4, 0.5) is 43.9 Å². The zero-order valence-electron chi connectivity index (χ0n) is 56.7. The molecule has 484 valence electrons. The summed E-state index contributed by atoms with van der Waals surface area (Å²) in [6.07, 6.45) is 15.0. The average molecular weight is 1370 g/mol. The number of benzene rings is 4. The van der Waals surface area contributed by atoms with Gasteiger partial charge in [0, 0.05) is 10.8 Å². The molecule has 2 aromatic heterocycles. The number of imidazole rings is 2. The molecule has 2 aliphatic carbocycles. The van der Waals surface area contributed by atoms with Crippen LogP contribution in [0.2, 0.25) is 0 Å². The van der Waals surface area contributed by atoms with Crippen molar-refractivity contribution in [3.63, 3.8) is 0 Å². The Hall–Kier alpha value is -6.25. The number of hydrogen-bond donors (Lipinski definition) is 0. The molecular weight excluding hydrogens is 1280 g/mol. The van der Waals surface area contributed by atoms with E-state index in [2.05, 4.69) is 177 Å². The Morgan fingerprint density at radius 3 is 0.733 bits per heavy atom. The summed E-state index contributed by atoms with van der Waals surface area (Å²) in [7, 11) is 0. The molecule has 2 heterocycles. The van der Waals surface area contributed by atoms with Crippen molar-refractivity contribution in [3.8, 4) is 0 Å². The number of aliphatic carboxylic acids is 2. The smallest absolute Gasteiger partial charge is 0.549 e. The average Bonchev–Trinajstić information content (AvgIpc) is 4.36. The molecule has 0 N–H and O–H groups in total. The van der Waals surface area contributed by atoms with Gasteiger partial charge in [-0.1, -0.05) is 94.1 Å². The van der Waals surface area contributed by atoms with Crippen molar-refractivity contribution in [3.05, 3.63) is 224 Å². The van der Waals surface area contributed by atoms with Gasteiger partial charge in [-0.3, -0.25) is 17.6 Å². The Balaban J connectivity index is 0. The third-order valence-electron chi connectivity index (χ3n) is 15.1. The van der Waals surface area contributed by atoms with Crippen LogP contribution >= 0.6 is 0 Å². The van der Waals surface area contributed by atoms with Crippen LogP contribution in [-0.2, 0) is 70.7 Å².